The molecule has 0 radical (unpaired) electrons. The molecule has 1 aliphatic rings. The van der Waals surface area contributed by atoms with Gasteiger partial charge in [-0.05, 0) is 47.5 Å². The molecule has 0 fully saturated rings. The van der Waals surface area contributed by atoms with E-state index in [1.807, 2.05) is 30.3 Å². The Kier molecular flexibility index (Phi) is 3.83. The Morgan fingerprint density at radius 2 is 1.62 bits per heavy atom. The van der Waals surface area contributed by atoms with Gasteiger partial charge >= 0.3 is 0 Å². The summed E-state index contributed by atoms with van der Waals surface area (Å²) in [6.45, 7) is 1.86. The van der Waals surface area contributed by atoms with Crippen molar-refractivity contribution < 1.29 is 4.74 Å². The first-order chi connectivity index (χ1) is 11.8. The van der Waals surface area contributed by atoms with Gasteiger partial charge in [-0.1, -0.05) is 30.3 Å². The Balaban J connectivity index is 1.54. The monoisotopic (exact) mass is 316 g/mol. The SMILES string of the molecule is COc1cccc(N2Cc3ccc(Nc4ccccc4)cc3C2)c1. The third-order valence-corrected chi connectivity index (χ3v) is 4.41. The lowest BCUT2D eigenvalue weighted by Crippen LogP contribution is -2.14. The van der Waals surface area contributed by atoms with Crippen molar-refractivity contribution in [3.63, 3.8) is 0 Å². The summed E-state index contributed by atoms with van der Waals surface area (Å²) in [7, 11) is 1.71. The second-order valence-corrected chi connectivity index (χ2v) is 6.03. The molecule has 1 heterocycles. The number of nitrogens with one attached hydrogen (secondary N) is 1. The van der Waals surface area contributed by atoms with Gasteiger partial charge in [0, 0.05) is 36.2 Å². The summed E-state index contributed by atoms with van der Waals surface area (Å²) in [6.07, 6.45) is 0. The summed E-state index contributed by atoms with van der Waals surface area (Å²) in [6, 6.07) is 25.1. The van der Waals surface area contributed by atoms with Gasteiger partial charge in [0.15, 0.2) is 0 Å². The minimum absolute atomic E-state index is 0.898. The molecular formula is C21H20N2O. The first kappa shape index (κ1) is 14.6. The highest BCUT2D eigenvalue weighted by Gasteiger charge is 2.19. The highest BCUT2D eigenvalue weighted by molar-refractivity contribution is 5.63. The second-order valence-electron chi connectivity index (χ2n) is 6.03. The summed E-state index contributed by atoms with van der Waals surface area (Å²) in [5.74, 6) is 0.898. The standard InChI is InChI=1S/C21H20N2O/c1-24-21-9-5-8-20(13-21)23-14-16-10-11-19(12-17(16)15-23)22-18-6-3-2-4-7-18/h2-13,22H,14-15H2,1H3. The number of methoxy groups -OCH3 is 1. The summed E-state index contributed by atoms with van der Waals surface area (Å²) >= 11 is 0. The maximum absolute atomic E-state index is 5.34. The molecule has 0 unspecified atom stereocenters. The summed E-state index contributed by atoms with van der Waals surface area (Å²) in [5.41, 5.74) is 6.20. The van der Waals surface area contributed by atoms with Crippen LogP contribution in [-0.4, -0.2) is 7.11 Å². The van der Waals surface area contributed by atoms with Crippen molar-refractivity contribution in [3.8, 4) is 5.75 Å². The van der Waals surface area contributed by atoms with E-state index >= 15 is 0 Å². The van der Waals surface area contributed by atoms with E-state index in [-0.39, 0.29) is 0 Å². The van der Waals surface area contributed by atoms with E-state index < -0.39 is 0 Å². The van der Waals surface area contributed by atoms with E-state index in [2.05, 4.69) is 52.7 Å². The van der Waals surface area contributed by atoms with Crippen molar-refractivity contribution in [1.82, 2.24) is 0 Å². The lowest BCUT2D eigenvalue weighted by Gasteiger charge is -2.18. The van der Waals surface area contributed by atoms with Gasteiger partial charge in [-0.2, -0.15) is 0 Å². The quantitative estimate of drug-likeness (QED) is 0.736. The zero-order chi connectivity index (χ0) is 16.4. The zero-order valence-corrected chi connectivity index (χ0v) is 13.7. The summed E-state index contributed by atoms with van der Waals surface area (Å²) in [4.78, 5) is 2.37. The molecule has 3 nitrogen and oxygen atoms in total. The molecule has 0 bridgehead atoms. The largest absolute Gasteiger partial charge is 0.497 e. The van der Waals surface area contributed by atoms with Crippen molar-refractivity contribution in [3.05, 3.63) is 83.9 Å². The fraction of sp³-hybridized carbons (Fsp3) is 0.143. The molecule has 0 amide bonds. The van der Waals surface area contributed by atoms with Crippen LogP contribution in [0.4, 0.5) is 17.1 Å². The predicted octanol–water partition coefficient (Wildman–Crippen LogP) is 4.96. The molecule has 3 aromatic rings. The van der Waals surface area contributed by atoms with Gasteiger partial charge in [0.25, 0.3) is 0 Å². The van der Waals surface area contributed by atoms with Crippen LogP contribution in [-0.2, 0) is 13.1 Å². The predicted molar refractivity (Wildman–Crippen MR) is 99.0 cm³/mol. The Bertz CT molecular complexity index is 845. The van der Waals surface area contributed by atoms with Crippen LogP contribution in [0.3, 0.4) is 0 Å². The van der Waals surface area contributed by atoms with Crippen LogP contribution < -0.4 is 15.0 Å². The Morgan fingerprint density at radius 3 is 2.46 bits per heavy atom. The average molecular weight is 316 g/mol. The fourth-order valence-corrected chi connectivity index (χ4v) is 3.15. The topological polar surface area (TPSA) is 24.5 Å². The summed E-state index contributed by atoms with van der Waals surface area (Å²) < 4.78 is 5.34. The van der Waals surface area contributed by atoms with Crippen molar-refractivity contribution >= 4 is 17.1 Å². The van der Waals surface area contributed by atoms with Crippen LogP contribution in [0.5, 0.6) is 5.75 Å². The van der Waals surface area contributed by atoms with E-state index in [9.17, 15) is 0 Å². The first-order valence-electron chi connectivity index (χ1n) is 8.15. The number of hydrogen-bond acceptors (Lipinski definition) is 3. The van der Waals surface area contributed by atoms with Crippen LogP contribution >= 0.6 is 0 Å². The molecule has 3 aromatic carbocycles. The Hall–Kier alpha value is -2.94. The normalized spacial score (nSPS) is 12.8. The molecule has 0 spiro atoms. The van der Waals surface area contributed by atoms with Gasteiger partial charge in [-0.15, -0.1) is 0 Å². The Labute approximate surface area is 142 Å². The third-order valence-electron chi connectivity index (χ3n) is 4.41. The van der Waals surface area contributed by atoms with Crippen LogP contribution in [0.25, 0.3) is 0 Å². The van der Waals surface area contributed by atoms with E-state index in [4.69, 9.17) is 4.74 Å². The minimum atomic E-state index is 0.898. The molecule has 1 aliphatic heterocycles. The number of anilines is 3. The van der Waals surface area contributed by atoms with Crippen molar-refractivity contribution in [2.75, 3.05) is 17.3 Å². The first-order valence-corrected chi connectivity index (χ1v) is 8.15. The Morgan fingerprint density at radius 1 is 0.792 bits per heavy atom. The van der Waals surface area contributed by atoms with Gasteiger partial charge in [0.1, 0.15) is 5.75 Å². The van der Waals surface area contributed by atoms with E-state index in [0.717, 1.165) is 30.2 Å². The van der Waals surface area contributed by atoms with E-state index in [1.165, 1.54) is 16.8 Å². The van der Waals surface area contributed by atoms with Gasteiger partial charge in [-0.25, -0.2) is 0 Å². The number of rotatable bonds is 4. The summed E-state index contributed by atoms with van der Waals surface area (Å²) in [5, 5.41) is 3.47. The van der Waals surface area contributed by atoms with Crippen LogP contribution in [0.2, 0.25) is 0 Å². The molecule has 0 saturated carbocycles. The second kappa shape index (κ2) is 6.28. The van der Waals surface area contributed by atoms with E-state index in [0.29, 0.717) is 0 Å². The molecule has 1 N–H and O–H groups in total. The maximum atomic E-state index is 5.34. The molecule has 24 heavy (non-hydrogen) atoms. The number of ether oxygens (including phenoxy) is 1. The highest BCUT2D eigenvalue weighted by Crippen LogP contribution is 2.32. The van der Waals surface area contributed by atoms with Crippen LogP contribution in [0.15, 0.2) is 72.8 Å². The van der Waals surface area contributed by atoms with Crippen molar-refractivity contribution in [2.24, 2.45) is 0 Å². The van der Waals surface area contributed by atoms with Crippen LogP contribution in [0.1, 0.15) is 11.1 Å². The number of benzene rings is 3. The lowest BCUT2D eigenvalue weighted by molar-refractivity contribution is 0.415. The molecule has 0 atom stereocenters. The van der Waals surface area contributed by atoms with Gasteiger partial charge < -0.3 is 15.0 Å². The van der Waals surface area contributed by atoms with Crippen LogP contribution in [0, 0.1) is 0 Å². The molecule has 0 aromatic heterocycles. The number of fused-ring (bicyclic) bond motifs is 1. The average Bonchev–Trinajstić information content (AvgIpc) is 3.06. The highest BCUT2D eigenvalue weighted by atomic mass is 16.5. The molecule has 120 valence electrons. The molecule has 0 saturated heterocycles. The number of nitrogens with zero attached hydrogens (tertiary/aromatic N) is 1. The smallest absolute Gasteiger partial charge is 0.120 e. The third kappa shape index (κ3) is 2.93. The van der Waals surface area contributed by atoms with Gasteiger partial charge in [0.05, 0.1) is 7.11 Å². The zero-order valence-electron chi connectivity index (χ0n) is 13.7. The number of para-hydroxylation sites is 1. The molecule has 3 heteroatoms. The molecular weight excluding hydrogens is 296 g/mol. The lowest BCUT2D eigenvalue weighted by atomic mass is 10.1. The van der Waals surface area contributed by atoms with Gasteiger partial charge in [-0.3, -0.25) is 0 Å². The van der Waals surface area contributed by atoms with Crippen molar-refractivity contribution in [2.45, 2.75) is 13.1 Å². The van der Waals surface area contributed by atoms with E-state index in [1.54, 1.807) is 7.11 Å². The van der Waals surface area contributed by atoms with Gasteiger partial charge in [0.2, 0.25) is 0 Å². The molecule has 0 aliphatic carbocycles. The minimum Gasteiger partial charge on any atom is -0.497 e. The van der Waals surface area contributed by atoms with Crippen molar-refractivity contribution in [1.29, 1.82) is 0 Å². The maximum Gasteiger partial charge on any atom is 0.120 e. The molecule has 4 rings (SSSR count). The number of hydrogen-bond donors (Lipinski definition) is 1. The fourth-order valence-electron chi connectivity index (χ4n) is 3.15.